The van der Waals surface area contributed by atoms with Gasteiger partial charge in [-0.2, -0.15) is 0 Å². The van der Waals surface area contributed by atoms with E-state index in [4.69, 9.17) is 0 Å². The first-order chi connectivity index (χ1) is 8.27. The number of hydrogen-bond donors (Lipinski definition) is 0. The summed E-state index contributed by atoms with van der Waals surface area (Å²) in [4.78, 5) is 20.1. The highest BCUT2D eigenvalue weighted by atomic mass is 16.2. The van der Waals surface area contributed by atoms with Crippen LogP contribution in [0.2, 0.25) is 0 Å². The molecule has 0 spiro atoms. The minimum absolute atomic E-state index is 0.0451. The highest BCUT2D eigenvalue weighted by Crippen LogP contribution is 2.05. The van der Waals surface area contributed by atoms with Gasteiger partial charge in [0.05, 0.1) is 0 Å². The average molecular weight is 235 g/mol. The number of piperazine rings is 1. The molecule has 1 fully saturated rings. The molecule has 2 rings (SSSR count). The molecule has 4 heteroatoms. The Morgan fingerprint density at radius 1 is 1.18 bits per heavy atom. The van der Waals surface area contributed by atoms with Gasteiger partial charge in [-0.05, 0) is 19.2 Å². The van der Waals surface area contributed by atoms with Gasteiger partial charge in [-0.3, -0.25) is 9.78 Å². The number of hydrogen-bond acceptors (Lipinski definition) is 3. The van der Waals surface area contributed by atoms with Gasteiger partial charge in [0.1, 0.15) is 5.69 Å². The SMILES string of the molecule is CC.CN1CCN(C(=O)c2ccccn2)CC1. The Balaban J connectivity index is 0.000000686. The second-order valence-corrected chi connectivity index (χ2v) is 3.81. The standard InChI is InChI=1S/C11H15N3O.C2H6/c1-13-6-8-14(9-7-13)11(15)10-4-2-3-5-12-10;1-2/h2-5H,6-9H2,1H3;1-2H3. The minimum atomic E-state index is 0.0451. The Labute approximate surface area is 103 Å². The summed E-state index contributed by atoms with van der Waals surface area (Å²) < 4.78 is 0. The van der Waals surface area contributed by atoms with Crippen LogP contribution in [0.3, 0.4) is 0 Å². The summed E-state index contributed by atoms with van der Waals surface area (Å²) in [6.45, 7) is 7.48. The number of carbonyl (C=O) groups excluding carboxylic acids is 1. The largest absolute Gasteiger partial charge is 0.335 e. The zero-order chi connectivity index (χ0) is 12.7. The lowest BCUT2D eigenvalue weighted by Gasteiger charge is -2.32. The third-order valence-electron chi connectivity index (χ3n) is 2.67. The first kappa shape index (κ1) is 13.6. The fourth-order valence-electron chi connectivity index (χ4n) is 1.66. The topological polar surface area (TPSA) is 36.4 Å². The molecule has 0 bridgehead atoms. The lowest BCUT2D eigenvalue weighted by molar-refractivity contribution is 0.0658. The van der Waals surface area contributed by atoms with Crippen molar-refractivity contribution in [2.24, 2.45) is 0 Å². The summed E-state index contributed by atoms with van der Waals surface area (Å²) >= 11 is 0. The second kappa shape index (κ2) is 7.01. The van der Waals surface area contributed by atoms with E-state index < -0.39 is 0 Å². The summed E-state index contributed by atoms with van der Waals surface area (Å²) in [5, 5.41) is 0. The van der Waals surface area contributed by atoms with Crippen molar-refractivity contribution in [1.29, 1.82) is 0 Å². The van der Waals surface area contributed by atoms with Gasteiger partial charge in [-0.25, -0.2) is 0 Å². The summed E-state index contributed by atoms with van der Waals surface area (Å²) in [6.07, 6.45) is 1.66. The van der Waals surface area contributed by atoms with E-state index in [1.165, 1.54) is 0 Å². The van der Waals surface area contributed by atoms with Crippen molar-refractivity contribution in [3.05, 3.63) is 30.1 Å². The first-order valence-corrected chi connectivity index (χ1v) is 6.16. The molecule has 17 heavy (non-hydrogen) atoms. The Bertz CT molecular complexity index is 332. The van der Waals surface area contributed by atoms with Crippen molar-refractivity contribution in [3.8, 4) is 0 Å². The number of amides is 1. The van der Waals surface area contributed by atoms with E-state index in [-0.39, 0.29) is 5.91 Å². The number of likely N-dealkylation sites (N-methyl/N-ethyl adjacent to an activating group) is 1. The predicted octanol–water partition coefficient (Wildman–Crippen LogP) is 1.50. The fourth-order valence-corrected chi connectivity index (χ4v) is 1.66. The van der Waals surface area contributed by atoms with Crippen LogP contribution >= 0.6 is 0 Å². The van der Waals surface area contributed by atoms with Crippen LogP contribution in [0.25, 0.3) is 0 Å². The van der Waals surface area contributed by atoms with Crippen molar-refractivity contribution >= 4 is 5.91 Å². The van der Waals surface area contributed by atoms with Gasteiger partial charge in [0.15, 0.2) is 0 Å². The van der Waals surface area contributed by atoms with Crippen molar-refractivity contribution in [3.63, 3.8) is 0 Å². The van der Waals surface area contributed by atoms with Gasteiger partial charge in [-0.15, -0.1) is 0 Å². The zero-order valence-electron chi connectivity index (χ0n) is 10.9. The van der Waals surface area contributed by atoms with Gasteiger partial charge in [0.2, 0.25) is 0 Å². The lowest BCUT2D eigenvalue weighted by Crippen LogP contribution is -2.47. The maximum absolute atomic E-state index is 12.0. The third-order valence-corrected chi connectivity index (χ3v) is 2.67. The lowest BCUT2D eigenvalue weighted by atomic mass is 10.2. The summed E-state index contributed by atoms with van der Waals surface area (Å²) in [5.74, 6) is 0.0451. The molecule has 1 aromatic rings. The number of rotatable bonds is 1. The Morgan fingerprint density at radius 2 is 1.82 bits per heavy atom. The molecule has 0 unspecified atom stereocenters. The van der Waals surface area contributed by atoms with Crippen LogP contribution < -0.4 is 0 Å². The molecule has 0 N–H and O–H groups in total. The number of aromatic nitrogens is 1. The maximum atomic E-state index is 12.0. The number of carbonyl (C=O) groups is 1. The molecule has 94 valence electrons. The molecule has 2 heterocycles. The first-order valence-electron chi connectivity index (χ1n) is 6.16. The number of nitrogens with zero attached hydrogens (tertiary/aromatic N) is 3. The van der Waals surface area contributed by atoms with Gasteiger partial charge in [-0.1, -0.05) is 19.9 Å². The van der Waals surface area contributed by atoms with E-state index in [1.807, 2.05) is 30.9 Å². The van der Waals surface area contributed by atoms with Crippen LogP contribution in [0.1, 0.15) is 24.3 Å². The zero-order valence-corrected chi connectivity index (χ0v) is 10.9. The van der Waals surface area contributed by atoms with Crippen LogP contribution in [0.5, 0.6) is 0 Å². The van der Waals surface area contributed by atoms with E-state index in [1.54, 1.807) is 12.3 Å². The molecular weight excluding hydrogens is 214 g/mol. The molecule has 0 aromatic carbocycles. The second-order valence-electron chi connectivity index (χ2n) is 3.81. The predicted molar refractivity (Wildman–Crippen MR) is 69.0 cm³/mol. The average Bonchev–Trinajstić information content (AvgIpc) is 2.42. The van der Waals surface area contributed by atoms with Crippen LogP contribution in [-0.2, 0) is 0 Å². The molecule has 1 aromatic heterocycles. The highest BCUT2D eigenvalue weighted by molar-refractivity contribution is 5.92. The van der Waals surface area contributed by atoms with E-state index >= 15 is 0 Å². The van der Waals surface area contributed by atoms with Crippen molar-refractivity contribution in [2.45, 2.75) is 13.8 Å². The quantitative estimate of drug-likeness (QED) is 0.740. The number of pyridine rings is 1. The van der Waals surface area contributed by atoms with Crippen LogP contribution in [0.4, 0.5) is 0 Å². The Kier molecular flexibility index (Phi) is 5.63. The smallest absolute Gasteiger partial charge is 0.272 e. The minimum Gasteiger partial charge on any atom is -0.335 e. The van der Waals surface area contributed by atoms with Gasteiger partial charge >= 0.3 is 0 Å². The molecule has 1 aliphatic rings. The summed E-state index contributed by atoms with van der Waals surface area (Å²) in [6, 6.07) is 5.43. The van der Waals surface area contributed by atoms with Gasteiger partial charge < -0.3 is 9.80 Å². The summed E-state index contributed by atoms with van der Waals surface area (Å²) in [7, 11) is 2.07. The molecule has 0 saturated carbocycles. The van der Waals surface area contributed by atoms with Crippen LogP contribution in [0, 0.1) is 0 Å². The highest BCUT2D eigenvalue weighted by Gasteiger charge is 2.20. The molecule has 4 nitrogen and oxygen atoms in total. The van der Waals surface area contributed by atoms with Crippen molar-refractivity contribution in [1.82, 2.24) is 14.8 Å². The van der Waals surface area contributed by atoms with Gasteiger partial charge in [0, 0.05) is 32.4 Å². The maximum Gasteiger partial charge on any atom is 0.272 e. The molecule has 0 radical (unpaired) electrons. The molecule has 1 saturated heterocycles. The molecule has 1 amide bonds. The molecular formula is C13H21N3O. The molecule has 1 aliphatic heterocycles. The normalized spacial score (nSPS) is 16.1. The van der Waals surface area contributed by atoms with Crippen LogP contribution in [-0.4, -0.2) is 53.9 Å². The van der Waals surface area contributed by atoms with Crippen molar-refractivity contribution in [2.75, 3.05) is 33.2 Å². The Morgan fingerprint density at radius 3 is 2.35 bits per heavy atom. The Hall–Kier alpha value is -1.42. The van der Waals surface area contributed by atoms with Crippen molar-refractivity contribution < 1.29 is 4.79 Å². The van der Waals surface area contributed by atoms with Gasteiger partial charge in [0.25, 0.3) is 5.91 Å². The molecule has 0 atom stereocenters. The van der Waals surface area contributed by atoms with E-state index in [2.05, 4.69) is 16.9 Å². The van der Waals surface area contributed by atoms with E-state index in [0.29, 0.717) is 5.69 Å². The van der Waals surface area contributed by atoms with E-state index in [0.717, 1.165) is 26.2 Å². The summed E-state index contributed by atoms with van der Waals surface area (Å²) in [5.41, 5.74) is 0.544. The third kappa shape index (κ3) is 3.82. The monoisotopic (exact) mass is 235 g/mol. The fraction of sp³-hybridized carbons (Fsp3) is 0.538. The van der Waals surface area contributed by atoms with E-state index in [9.17, 15) is 4.79 Å². The van der Waals surface area contributed by atoms with Crippen LogP contribution in [0.15, 0.2) is 24.4 Å². The molecule has 0 aliphatic carbocycles.